The van der Waals surface area contributed by atoms with Crippen molar-refractivity contribution in [2.45, 2.75) is 19.6 Å². The predicted molar refractivity (Wildman–Crippen MR) is 206 cm³/mol. The number of phenols is 1. The topological polar surface area (TPSA) is 443 Å². The van der Waals surface area contributed by atoms with Gasteiger partial charge in [-0.1, -0.05) is 10.1 Å². The van der Waals surface area contributed by atoms with Crippen LogP contribution in [0.1, 0.15) is 20.7 Å². The Kier molecular flexibility index (Phi) is 16.4. The lowest BCUT2D eigenvalue weighted by Crippen LogP contribution is -2.15. The summed E-state index contributed by atoms with van der Waals surface area (Å²) in [5.41, 5.74) is 0.929. The lowest BCUT2D eigenvalue weighted by atomic mass is 10.1. The van der Waals surface area contributed by atoms with Crippen molar-refractivity contribution in [1.82, 2.24) is 0 Å². The first-order valence-corrected chi connectivity index (χ1v) is 23.1. The molecule has 34 heteroatoms. The van der Waals surface area contributed by atoms with E-state index in [2.05, 4.69) is 43.4 Å². The predicted octanol–water partition coefficient (Wildman–Crippen LogP) is 4.40. The number of phenolic OH excluding ortho intramolecular Hbond substituents is 1. The molecule has 0 atom stereocenters. The highest BCUT2D eigenvalue weighted by Gasteiger charge is 2.27. The number of carboxylic acids is 2. The van der Waals surface area contributed by atoms with Crippen molar-refractivity contribution < 1.29 is 105 Å². The molecular formula is C28H25N5O23S6. The van der Waals surface area contributed by atoms with Gasteiger partial charge in [0.15, 0.2) is 37.7 Å². The molecule has 9 N–H and O–H groups in total. The summed E-state index contributed by atoms with van der Waals surface area (Å²) in [5, 5.41) is 68.8. The number of carbonyl (C=O) groups is 2. The first kappa shape index (κ1) is 49.6. The number of hydrogen-bond acceptors (Lipinski definition) is 26. The Balaban J connectivity index is 1.92. The van der Waals surface area contributed by atoms with Crippen LogP contribution in [0.25, 0.3) is 10.8 Å². The van der Waals surface area contributed by atoms with Gasteiger partial charge in [0.05, 0.1) is 73.6 Å². The number of nitrogen functional groups attached to an aromatic ring is 1. The molecule has 0 unspecified atom stereocenters. The molecule has 4 aromatic rings. The third-order valence-electron chi connectivity index (χ3n) is 7.51. The van der Waals surface area contributed by atoms with Crippen LogP contribution in [0.15, 0.2) is 88.6 Å². The smallest absolute Gasteiger partial charge is 0.397 e. The van der Waals surface area contributed by atoms with E-state index in [-0.39, 0.29) is 29.8 Å². The van der Waals surface area contributed by atoms with Crippen LogP contribution in [0.3, 0.4) is 0 Å². The van der Waals surface area contributed by atoms with E-state index in [1.54, 1.807) is 0 Å². The summed E-state index contributed by atoms with van der Waals surface area (Å²) in [6.07, 6.45) is 0. The summed E-state index contributed by atoms with van der Waals surface area (Å²) >= 11 is 0.178. The molecule has 0 heterocycles. The van der Waals surface area contributed by atoms with Gasteiger partial charge in [-0.2, -0.15) is 16.8 Å². The van der Waals surface area contributed by atoms with Crippen LogP contribution in [-0.2, 0) is 67.3 Å². The number of benzene rings is 4. The number of aromatic carboxylic acids is 2. The summed E-state index contributed by atoms with van der Waals surface area (Å²) in [6, 6.07) is 6.33. The van der Waals surface area contributed by atoms with Crippen molar-refractivity contribution in [2.24, 2.45) is 20.5 Å². The van der Waals surface area contributed by atoms with E-state index in [0.29, 0.717) is 12.1 Å². The molecular weight excluding hydrogens is 967 g/mol. The van der Waals surface area contributed by atoms with E-state index >= 15 is 0 Å². The molecule has 0 aliphatic carbocycles. The molecule has 4 aromatic carbocycles. The number of aromatic hydroxyl groups is 1. The molecule has 0 amide bonds. The molecule has 0 fully saturated rings. The van der Waals surface area contributed by atoms with E-state index in [1.807, 2.05) is 0 Å². The number of nitrogens with two attached hydrogens (primary N) is 1. The van der Waals surface area contributed by atoms with Gasteiger partial charge < -0.3 is 21.1 Å². The van der Waals surface area contributed by atoms with Gasteiger partial charge in [0.2, 0.25) is 0 Å². The molecule has 0 saturated heterocycles. The van der Waals surface area contributed by atoms with Gasteiger partial charge in [0.1, 0.15) is 27.6 Å². The Hall–Kier alpha value is -5.02. The van der Waals surface area contributed by atoms with Crippen LogP contribution < -0.4 is 5.73 Å². The molecule has 28 nitrogen and oxygen atoms in total. The maximum Gasteiger partial charge on any atom is 0.397 e. The second-order valence-electron chi connectivity index (χ2n) is 11.3. The van der Waals surface area contributed by atoms with Crippen molar-refractivity contribution in [2.75, 3.05) is 30.5 Å². The molecule has 0 radical (unpaired) electrons. The summed E-state index contributed by atoms with van der Waals surface area (Å²) in [7, 11) is -19.1. The van der Waals surface area contributed by atoms with Gasteiger partial charge in [0.25, 0.3) is 10.1 Å². The fourth-order valence-electron chi connectivity index (χ4n) is 4.86. The second-order valence-corrected chi connectivity index (χ2v) is 19.2. The Morgan fingerprint density at radius 3 is 1.69 bits per heavy atom. The molecule has 0 aromatic heterocycles. The highest BCUT2D eigenvalue weighted by molar-refractivity contribution is 7.94. The quantitative estimate of drug-likeness (QED) is 0.0103. The average molecular weight is 992 g/mol. The number of hydrogen-bond donors (Lipinski definition) is 8. The molecule has 0 spiro atoms. The van der Waals surface area contributed by atoms with Crippen LogP contribution in [-0.4, -0.2) is 105 Å². The summed E-state index contributed by atoms with van der Waals surface area (Å²) < 4.78 is 134. The van der Waals surface area contributed by atoms with E-state index < -0.39 is 147 Å². The Morgan fingerprint density at radius 2 is 1.21 bits per heavy atom. The molecule has 4 rings (SSSR count). The number of rotatable bonds is 22. The van der Waals surface area contributed by atoms with E-state index in [9.17, 15) is 63.1 Å². The minimum atomic E-state index is -5.36. The SMILES string of the molecule is Nc1c(N=Nc2cc(S(=O)(=O)CCOS(=O)(=O)O)ccc2C(=O)O)c(S(=O)(=O)O)cc2cc(SOOO)c(N=Nc3cc(S(=O)(=O)CCOSOOO)ccc3C(=O)O)c(O)c12. The lowest BCUT2D eigenvalue weighted by molar-refractivity contribution is -0.434. The lowest BCUT2D eigenvalue weighted by Gasteiger charge is -2.14. The van der Waals surface area contributed by atoms with Crippen LogP contribution in [0.2, 0.25) is 0 Å². The normalized spacial score (nSPS) is 12.8. The third-order valence-corrected chi connectivity index (χ3v) is 13.2. The van der Waals surface area contributed by atoms with Gasteiger partial charge >= 0.3 is 22.3 Å². The third kappa shape index (κ3) is 12.6. The number of nitrogens with zero attached hydrogens (tertiary/aromatic N) is 4. The maximum atomic E-state index is 12.9. The maximum absolute atomic E-state index is 12.9. The summed E-state index contributed by atoms with van der Waals surface area (Å²) in [4.78, 5) is 21.3. The van der Waals surface area contributed by atoms with E-state index in [0.717, 1.165) is 36.4 Å². The van der Waals surface area contributed by atoms with Gasteiger partial charge in [-0.05, 0) is 53.9 Å². The second kappa shape index (κ2) is 20.4. The summed E-state index contributed by atoms with van der Waals surface area (Å²) in [6.45, 7) is -1.60. The minimum absolute atomic E-state index is 0.0882. The van der Waals surface area contributed by atoms with Gasteiger partial charge in [-0.3, -0.25) is 13.3 Å². The fourth-order valence-corrected chi connectivity index (χ4v) is 8.96. The Bertz CT molecular complexity index is 2910. The zero-order valence-corrected chi connectivity index (χ0v) is 34.8. The van der Waals surface area contributed by atoms with Gasteiger partial charge in [-0.25, -0.2) is 41.1 Å². The van der Waals surface area contributed by atoms with Crippen molar-refractivity contribution in [3.8, 4) is 5.75 Å². The van der Waals surface area contributed by atoms with Crippen molar-refractivity contribution in [3.63, 3.8) is 0 Å². The monoisotopic (exact) mass is 991 g/mol. The van der Waals surface area contributed by atoms with Crippen LogP contribution in [0.5, 0.6) is 5.75 Å². The number of sulfone groups is 2. The molecule has 0 saturated carbocycles. The first-order valence-electron chi connectivity index (χ1n) is 15.6. The number of fused-ring (bicyclic) bond motifs is 1. The van der Waals surface area contributed by atoms with Crippen LogP contribution >= 0.6 is 24.4 Å². The molecule has 336 valence electrons. The van der Waals surface area contributed by atoms with Gasteiger partial charge in [0, 0.05) is 0 Å². The van der Waals surface area contributed by atoms with Crippen molar-refractivity contribution in [3.05, 3.63) is 59.7 Å². The fraction of sp³-hybridized carbons (Fsp3) is 0.143. The zero-order valence-electron chi connectivity index (χ0n) is 29.9. The van der Waals surface area contributed by atoms with Crippen molar-refractivity contribution in [1.29, 1.82) is 0 Å². The van der Waals surface area contributed by atoms with Crippen LogP contribution in [0, 0.1) is 0 Å². The zero-order chi connectivity index (χ0) is 46.2. The number of anilines is 1. The largest absolute Gasteiger partial charge is 0.505 e. The Labute approximate surface area is 355 Å². The van der Waals surface area contributed by atoms with Gasteiger partial charge in [-0.15, -0.1) is 29.1 Å². The number of azo groups is 2. The molecule has 0 aliphatic heterocycles. The standard InChI is InChI=1S/C28H25N5O23S6/c29-23-22-13(10-21(61(45,46)47)25(23)33-31-19-12-15(2-4-17(19)28(37)38)60(43,44)8-6-52-62(48,49)50)9-20(57-55-53-39)24(26(22)34)32-30-18-11-14(1-3-16(18)27(35)36)59(41,42)7-5-51-58-56-54-40/h1-4,9-12,34,39-40H,5-8,29H2,(H,35,36)(H,37,38)(H,45,46,47)(H,48,49,50). The number of carboxylic acid groups (broad SMARTS) is 2. The average Bonchev–Trinajstić information content (AvgIpc) is 3.17. The minimum Gasteiger partial charge on any atom is -0.505 e. The molecule has 0 bridgehead atoms. The van der Waals surface area contributed by atoms with Crippen molar-refractivity contribution >= 4 is 116 Å². The van der Waals surface area contributed by atoms with Crippen LogP contribution in [0.4, 0.5) is 28.4 Å². The Morgan fingerprint density at radius 1 is 0.694 bits per heavy atom. The van der Waals surface area contributed by atoms with E-state index in [4.69, 9.17) is 25.0 Å². The highest BCUT2D eigenvalue weighted by Crippen LogP contribution is 2.50. The summed E-state index contributed by atoms with van der Waals surface area (Å²) in [5.74, 6) is -6.17. The molecule has 62 heavy (non-hydrogen) atoms. The van der Waals surface area contributed by atoms with E-state index in [1.165, 1.54) is 0 Å². The molecule has 0 aliphatic rings. The highest BCUT2D eigenvalue weighted by atomic mass is 32.3. The first-order chi connectivity index (χ1) is 28.9.